The number of hydrogen-bond acceptors (Lipinski definition) is 4. The molecule has 0 spiro atoms. The van der Waals surface area contributed by atoms with Crippen molar-refractivity contribution in [3.8, 4) is 11.5 Å². The van der Waals surface area contributed by atoms with Crippen LogP contribution in [-0.2, 0) is 24.2 Å². The van der Waals surface area contributed by atoms with E-state index in [4.69, 9.17) is 9.47 Å². The molecule has 4 rings (SSSR count). The lowest BCUT2D eigenvalue weighted by molar-refractivity contribution is -0.115. The standard InChI is InChI=1S/C19H19FN2O3.ClH/c20-19-14-5-6-21-11-13(14)2-3-15(19)22-18(23)10-12-1-4-16-17(9-12)25-8-7-24-16;/h1-4,9,21H,5-8,10-11H2,(H,22,23);1H. The maximum Gasteiger partial charge on any atom is 0.228 e. The van der Waals surface area contributed by atoms with Gasteiger partial charge in [0.25, 0.3) is 0 Å². The number of halogens is 2. The maximum absolute atomic E-state index is 14.6. The minimum absolute atomic E-state index is 0. The molecule has 2 N–H and O–H groups in total. The fourth-order valence-corrected chi connectivity index (χ4v) is 3.21. The second-order valence-electron chi connectivity index (χ2n) is 6.19. The predicted octanol–water partition coefficient (Wildman–Crippen LogP) is 2.85. The van der Waals surface area contributed by atoms with Crippen molar-refractivity contribution in [2.45, 2.75) is 19.4 Å². The zero-order valence-electron chi connectivity index (χ0n) is 14.1. The third-order valence-corrected chi connectivity index (χ3v) is 4.45. The molecule has 0 bridgehead atoms. The maximum atomic E-state index is 14.6. The third kappa shape index (κ3) is 3.76. The van der Waals surface area contributed by atoms with E-state index < -0.39 is 0 Å². The Hall–Kier alpha value is -2.31. The monoisotopic (exact) mass is 378 g/mol. The summed E-state index contributed by atoms with van der Waals surface area (Å²) in [6.07, 6.45) is 0.780. The Balaban J connectivity index is 0.00000196. The highest BCUT2D eigenvalue weighted by atomic mass is 35.5. The highest BCUT2D eigenvalue weighted by Gasteiger charge is 2.18. The Kier molecular flexibility index (Phi) is 5.64. The molecule has 5 nitrogen and oxygen atoms in total. The molecule has 0 saturated carbocycles. The topological polar surface area (TPSA) is 59.6 Å². The van der Waals surface area contributed by atoms with Gasteiger partial charge in [-0.15, -0.1) is 12.4 Å². The van der Waals surface area contributed by atoms with Crippen molar-refractivity contribution < 1.29 is 18.7 Å². The van der Waals surface area contributed by atoms with Gasteiger partial charge in [-0.2, -0.15) is 0 Å². The van der Waals surface area contributed by atoms with Crippen LogP contribution in [0.15, 0.2) is 30.3 Å². The van der Waals surface area contributed by atoms with Crippen molar-refractivity contribution in [1.29, 1.82) is 0 Å². The molecule has 0 unspecified atom stereocenters. The number of hydrogen-bond donors (Lipinski definition) is 2. The molecular weight excluding hydrogens is 359 g/mol. The summed E-state index contributed by atoms with van der Waals surface area (Å²) < 4.78 is 25.6. The molecular formula is C19H20ClFN2O3. The molecule has 2 aromatic carbocycles. The largest absolute Gasteiger partial charge is 0.486 e. The first-order valence-electron chi connectivity index (χ1n) is 8.40. The molecule has 138 valence electrons. The van der Waals surface area contributed by atoms with Crippen LogP contribution in [0.2, 0.25) is 0 Å². The molecule has 0 atom stereocenters. The van der Waals surface area contributed by atoms with Gasteiger partial charge in [0.1, 0.15) is 19.0 Å². The summed E-state index contributed by atoms with van der Waals surface area (Å²) in [6, 6.07) is 8.90. The lowest BCUT2D eigenvalue weighted by Crippen LogP contribution is -2.25. The van der Waals surface area contributed by atoms with Gasteiger partial charge in [-0.25, -0.2) is 4.39 Å². The zero-order chi connectivity index (χ0) is 17.2. The average Bonchev–Trinajstić information content (AvgIpc) is 2.64. The molecule has 0 aliphatic carbocycles. The second-order valence-corrected chi connectivity index (χ2v) is 6.19. The summed E-state index contributed by atoms with van der Waals surface area (Å²) in [4.78, 5) is 12.3. The molecule has 0 radical (unpaired) electrons. The second kappa shape index (κ2) is 7.93. The molecule has 2 aliphatic rings. The van der Waals surface area contributed by atoms with E-state index in [1.165, 1.54) is 0 Å². The van der Waals surface area contributed by atoms with Gasteiger partial charge in [-0.05, 0) is 47.9 Å². The van der Waals surface area contributed by atoms with E-state index in [-0.39, 0.29) is 36.2 Å². The SMILES string of the molecule is Cl.O=C(Cc1ccc2c(c1)OCCO2)Nc1ccc2c(c1F)CCNC2. The lowest BCUT2D eigenvalue weighted by Gasteiger charge is -2.20. The molecule has 0 aromatic heterocycles. The van der Waals surface area contributed by atoms with Gasteiger partial charge in [0, 0.05) is 6.54 Å². The van der Waals surface area contributed by atoms with E-state index in [0.717, 1.165) is 17.7 Å². The third-order valence-electron chi connectivity index (χ3n) is 4.45. The number of carbonyl (C=O) groups is 1. The molecule has 2 heterocycles. The molecule has 26 heavy (non-hydrogen) atoms. The van der Waals surface area contributed by atoms with Gasteiger partial charge in [-0.3, -0.25) is 4.79 Å². The zero-order valence-corrected chi connectivity index (χ0v) is 15.0. The average molecular weight is 379 g/mol. The summed E-state index contributed by atoms with van der Waals surface area (Å²) in [6.45, 7) is 2.44. The van der Waals surface area contributed by atoms with Gasteiger partial charge in [0.05, 0.1) is 12.1 Å². The summed E-state index contributed by atoms with van der Waals surface area (Å²) >= 11 is 0. The molecule has 0 fully saturated rings. The van der Waals surface area contributed by atoms with Gasteiger partial charge >= 0.3 is 0 Å². The Labute approximate surface area is 157 Å². The Morgan fingerprint density at radius 1 is 1.15 bits per heavy atom. The van der Waals surface area contributed by atoms with E-state index in [1.807, 2.05) is 12.1 Å². The van der Waals surface area contributed by atoms with Crippen molar-refractivity contribution in [2.24, 2.45) is 0 Å². The normalized spacial score (nSPS) is 14.8. The fourth-order valence-electron chi connectivity index (χ4n) is 3.21. The fraction of sp³-hybridized carbons (Fsp3) is 0.316. The molecule has 2 aliphatic heterocycles. The summed E-state index contributed by atoms with van der Waals surface area (Å²) in [5.74, 6) is 0.743. The van der Waals surface area contributed by atoms with E-state index in [0.29, 0.717) is 43.2 Å². The minimum atomic E-state index is -0.325. The summed E-state index contributed by atoms with van der Waals surface area (Å²) in [5, 5.41) is 5.89. The minimum Gasteiger partial charge on any atom is -0.486 e. The Morgan fingerprint density at radius 3 is 2.81 bits per heavy atom. The molecule has 2 aromatic rings. The number of amides is 1. The smallest absolute Gasteiger partial charge is 0.228 e. The molecule has 0 saturated heterocycles. The highest BCUT2D eigenvalue weighted by molar-refractivity contribution is 5.92. The van der Waals surface area contributed by atoms with Crippen LogP contribution < -0.4 is 20.1 Å². The van der Waals surface area contributed by atoms with Crippen molar-refractivity contribution in [3.05, 3.63) is 52.8 Å². The number of ether oxygens (including phenoxy) is 2. The number of fused-ring (bicyclic) bond motifs is 2. The number of nitrogens with one attached hydrogen (secondary N) is 2. The quantitative estimate of drug-likeness (QED) is 0.862. The van der Waals surface area contributed by atoms with Gasteiger partial charge < -0.3 is 20.1 Å². The van der Waals surface area contributed by atoms with Crippen molar-refractivity contribution in [2.75, 3.05) is 25.1 Å². The van der Waals surface area contributed by atoms with Crippen molar-refractivity contribution in [1.82, 2.24) is 5.32 Å². The molecule has 7 heteroatoms. The van der Waals surface area contributed by atoms with Crippen LogP contribution in [0.5, 0.6) is 11.5 Å². The van der Waals surface area contributed by atoms with Crippen LogP contribution in [0.25, 0.3) is 0 Å². The van der Waals surface area contributed by atoms with Crippen LogP contribution >= 0.6 is 12.4 Å². The number of rotatable bonds is 3. The molecule has 1 amide bonds. The van der Waals surface area contributed by atoms with E-state index in [1.54, 1.807) is 18.2 Å². The van der Waals surface area contributed by atoms with Crippen LogP contribution in [0.4, 0.5) is 10.1 Å². The van der Waals surface area contributed by atoms with Crippen LogP contribution in [0.3, 0.4) is 0 Å². The van der Waals surface area contributed by atoms with E-state index in [9.17, 15) is 9.18 Å². The first-order chi connectivity index (χ1) is 12.2. The number of carbonyl (C=O) groups excluding carboxylic acids is 1. The lowest BCUT2D eigenvalue weighted by atomic mass is 9.99. The van der Waals surface area contributed by atoms with E-state index >= 15 is 0 Å². The Bertz CT molecular complexity index is 829. The Morgan fingerprint density at radius 2 is 1.96 bits per heavy atom. The van der Waals surface area contributed by atoms with Gasteiger partial charge in [0.15, 0.2) is 11.5 Å². The van der Waals surface area contributed by atoms with Crippen LogP contribution in [0.1, 0.15) is 16.7 Å². The van der Waals surface area contributed by atoms with Gasteiger partial charge in [-0.1, -0.05) is 12.1 Å². The predicted molar refractivity (Wildman–Crippen MR) is 98.8 cm³/mol. The van der Waals surface area contributed by atoms with Crippen molar-refractivity contribution in [3.63, 3.8) is 0 Å². The summed E-state index contributed by atoms with van der Waals surface area (Å²) in [5.41, 5.74) is 2.68. The van der Waals surface area contributed by atoms with Crippen LogP contribution in [0, 0.1) is 5.82 Å². The van der Waals surface area contributed by atoms with E-state index in [2.05, 4.69) is 10.6 Å². The first-order valence-corrected chi connectivity index (χ1v) is 8.40. The summed E-state index contributed by atoms with van der Waals surface area (Å²) in [7, 11) is 0. The highest BCUT2D eigenvalue weighted by Crippen LogP contribution is 2.31. The number of benzene rings is 2. The van der Waals surface area contributed by atoms with Gasteiger partial charge in [0.2, 0.25) is 5.91 Å². The van der Waals surface area contributed by atoms with Crippen molar-refractivity contribution >= 4 is 24.0 Å². The first kappa shape index (κ1) is 18.5. The number of anilines is 1. The van der Waals surface area contributed by atoms with Crippen LogP contribution in [-0.4, -0.2) is 25.7 Å².